The van der Waals surface area contributed by atoms with Gasteiger partial charge in [0.25, 0.3) is 0 Å². The number of ether oxygens (including phenoxy) is 1. The molecule has 1 rings (SSSR count). The molecule has 16 heavy (non-hydrogen) atoms. The molecule has 6 nitrogen and oxygen atoms in total. The van der Waals surface area contributed by atoms with Crippen LogP contribution in [0.1, 0.15) is 20.8 Å². The van der Waals surface area contributed by atoms with E-state index in [0.29, 0.717) is 0 Å². The summed E-state index contributed by atoms with van der Waals surface area (Å²) < 4.78 is 5.44. The maximum absolute atomic E-state index is 9.82. The van der Waals surface area contributed by atoms with Gasteiger partial charge in [0, 0.05) is 6.04 Å². The molecule has 0 saturated carbocycles. The average molecular weight is 235 g/mol. The van der Waals surface area contributed by atoms with Gasteiger partial charge in [-0.3, -0.25) is 4.84 Å². The van der Waals surface area contributed by atoms with Crippen LogP contribution in [0.25, 0.3) is 0 Å². The van der Waals surface area contributed by atoms with Crippen LogP contribution >= 0.6 is 0 Å². The van der Waals surface area contributed by atoms with Gasteiger partial charge in [-0.1, -0.05) is 0 Å². The van der Waals surface area contributed by atoms with Crippen molar-refractivity contribution in [1.29, 1.82) is 0 Å². The van der Waals surface area contributed by atoms with E-state index in [4.69, 9.17) is 9.57 Å². The lowest BCUT2D eigenvalue weighted by Crippen LogP contribution is -2.62. The molecule has 0 aromatic heterocycles. The van der Waals surface area contributed by atoms with Gasteiger partial charge in [0.1, 0.15) is 18.3 Å². The normalized spacial score (nSPS) is 40.7. The Morgan fingerprint density at radius 1 is 1.12 bits per heavy atom. The Hall–Kier alpha value is -0.240. The fourth-order valence-electron chi connectivity index (χ4n) is 1.85. The molecule has 2 unspecified atom stereocenters. The lowest BCUT2D eigenvalue weighted by Gasteiger charge is -2.44. The van der Waals surface area contributed by atoms with E-state index in [-0.39, 0.29) is 6.04 Å². The van der Waals surface area contributed by atoms with Crippen molar-refractivity contribution in [1.82, 2.24) is 5.06 Å². The van der Waals surface area contributed by atoms with Crippen LogP contribution in [0.4, 0.5) is 0 Å². The van der Waals surface area contributed by atoms with E-state index >= 15 is 0 Å². The van der Waals surface area contributed by atoms with Crippen LogP contribution < -0.4 is 0 Å². The van der Waals surface area contributed by atoms with Gasteiger partial charge in [-0.15, -0.1) is 0 Å². The monoisotopic (exact) mass is 235 g/mol. The molecular formula is C10H21NO5. The van der Waals surface area contributed by atoms with E-state index in [1.807, 2.05) is 13.8 Å². The third-order valence-electron chi connectivity index (χ3n) is 2.80. The second-order valence-corrected chi connectivity index (χ2v) is 4.34. The molecule has 1 fully saturated rings. The van der Waals surface area contributed by atoms with E-state index < -0.39 is 30.6 Å². The summed E-state index contributed by atoms with van der Waals surface area (Å²) in [6.45, 7) is 5.39. The lowest BCUT2D eigenvalue weighted by atomic mass is 9.98. The van der Waals surface area contributed by atoms with E-state index in [0.717, 1.165) is 0 Å². The third-order valence-corrected chi connectivity index (χ3v) is 2.80. The van der Waals surface area contributed by atoms with Crippen LogP contribution in [0.15, 0.2) is 0 Å². The highest BCUT2D eigenvalue weighted by molar-refractivity contribution is 4.89. The van der Waals surface area contributed by atoms with Crippen molar-refractivity contribution in [3.63, 3.8) is 0 Å². The Morgan fingerprint density at radius 3 is 2.12 bits per heavy atom. The standard InChI is InChI=1S/C10H21NO5/c1-5(2)11(15-4)10-9(14)8(13)7(12)6(3)16-10/h5-10,12-14H,1-4H3/t6?,7-,8-,9?,10+/m0/s1. The molecule has 5 atom stereocenters. The summed E-state index contributed by atoms with van der Waals surface area (Å²) in [6, 6.07) is -0.0145. The van der Waals surface area contributed by atoms with Gasteiger partial charge in [-0.25, -0.2) is 0 Å². The number of hydroxylamine groups is 2. The summed E-state index contributed by atoms with van der Waals surface area (Å²) in [5.41, 5.74) is 0. The first-order valence-electron chi connectivity index (χ1n) is 5.42. The average Bonchev–Trinajstić information content (AvgIpc) is 2.23. The maximum atomic E-state index is 9.82. The SMILES string of the molecule is CON(C(C)C)[C@@H]1OC(C)[C@H](O)[C@H](O)C1O. The quantitative estimate of drug-likeness (QED) is 0.549. The zero-order valence-corrected chi connectivity index (χ0v) is 10.1. The Balaban J connectivity index is 2.80. The number of hydrogen-bond donors (Lipinski definition) is 3. The molecule has 6 heteroatoms. The largest absolute Gasteiger partial charge is 0.388 e. The van der Waals surface area contributed by atoms with Gasteiger partial charge in [0.05, 0.1) is 13.2 Å². The Bertz CT molecular complexity index is 225. The van der Waals surface area contributed by atoms with Crippen molar-refractivity contribution in [2.75, 3.05) is 7.11 Å². The van der Waals surface area contributed by atoms with Crippen LogP contribution in [-0.2, 0) is 9.57 Å². The molecule has 1 heterocycles. The molecular weight excluding hydrogens is 214 g/mol. The van der Waals surface area contributed by atoms with Crippen LogP contribution in [0, 0.1) is 0 Å². The Kier molecular flexibility index (Phi) is 4.66. The van der Waals surface area contributed by atoms with E-state index in [9.17, 15) is 15.3 Å². The van der Waals surface area contributed by atoms with Gasteiger partial charge < -0.3 is 20.1 Å². The van der Waals surface area contributed by atoms with E-state index in [2.05, 4.69) is 0 Å². The molecule has 0 bridgehead atoms. The van der Waals surface area contributed by atoms with Gasteiger partial charge >= 0.3 is 0 Å². The van der Waals surface area contributed by atoms with Gasteiger partial charge in [-0.2, -0.15) is 5.06 Å². The van der Waals surface area contributed by atoms with Crippen LogP contribution in [0.5, 0.6) is 0 Å². The summed E-state index contributed by atoms with van der Waals surface area (Å²) in [4.78, 5) is 5.11. The van der Waals surface area contributed by atoms with Crippen LogP contribution in [0.2, 0.25) is 0 Å². The summed E-state index contributed by atoms with van der Waals surface area (Å²) >= 11 is 0. The molecule has 0 aromatic carbocycles. The molecule has 1 aliphatic heterocycles. The third kappa shape index (κ3) is 2.53. The first kappa shape index (κ1) is 13.8. The summed E-state index contributed by atoms with van der Waals surface area (Å²) in [5, 5.41) is 30.5. The minimum absolute atomic E-state index is 0.0145. The molecule has 0 radical (unpaired) electrons. The highest BCUT2D eigenvalue weighted by atomic mass is 16.7. The predicted octanol–water partition coefficient (Wildman–Crippen LogP) is -0.914. The molecule has 1 saturated heterocycles. The molecule has 96 valence electrons. The zero-order chi connectivity index (χ0) is 12.5. The molecule has 0 aliphatic carbocycles. The van der Waals surface area contributed by atoms with Gasteiger partial charge in [0.2, 0.25) is 0 Å². The minimum atomic E-state index is -1.23. The molecule has 0 spiro atoms. The van der Waals surface area contributed by atoms with Gasteiger partial charge in [0.15, 0.2) is 6.23 Å². The van der Waals surface area contributed by atoms with Crippen molar-refractivity contribution in [3.05, 3.63) is 0 Å². The zero-order valence-electron chi connectivity index (χ0n) is 10.1. The summed E-state index contributed by atoms with van der Waals surface area (Å²) in [5.74, 6) is 0. The Morgan fingerprint density at radius 2 is 1.69 bits per heavy atom. The second kappa shape index (κ2) is 5.39. The number of rotatable bonds is 3. The number of nitrogens with zero attached hydrogens (tertiary/aromatic N) is 1. The minimum Gasteiger partial charge on any atom is -0.388 e. The molecule has 3 N–H and O–H groups in total. The smallest absolute Gasteiger partial charge is 0.162 e. The first-order chi connectivity index (χ1) is 7.40. The first-order valence-corrected chi connectivity index (χ1v) is 5.42. The number of aliphatic hydroxyl groups is 3. The van der Waals surface area contributed by atoms with Gasteiger partial charge in [-0.05, 0) is 20.8 Å². The van der Waals surface area contributed by atoms with Crippen LogP contribution in [0.3, 0.4) is 0 Å². The van der Waals surface area contributed by atoms with E-state index in [1.54, 1.807) is 6.92 Å². The summed E-state index contributed by atoms with van der Waals surface area (Å²) in [7, 11) is 1.47. The highest BCUT2D eigenvalue weighted by Gasteiger charge is 2.45. The topological polar surface area (TPSA) is 82.4 Å². The van der Waals surface area contributed by atoms with E-state index in [1.165, 1.54) is 12.2 Å². The fourth-order valence-corrected chi connectivity index (χ4v) is 1.85. The van der Waals surface area contributed by atoms with Crippen molar-refractivity contribution in [2.45, 2.75) is 57.5 Å². The number of aliphatic hydroxyl groups excluding tert-OH is 3. The van der Waals surface area contributed by atoms with Crippen molar-refractivity contribution < 1.29 is 24.9 Å². The highest BCUT2D eigenvalue weighted by Crippen LogP contribution is 2.24. The second-order valence-electron chi connectivity index (χ2n) is 4.34. The predicted molar refractivity (Wildman–Crippen MR) is 56.3 cm³/mol. The maximum Gasteiger partial charge on any atom is 0.162 e. The van der Waals surface area contributed by atoms with Crippen LogP contribution in [-0.4, -0.2) is 64.2 Å². The lowest BCUT2D eigenvalue weighted by molar-refractivity contribution is -0.331. The van der Waals surface area contributed by atoms with Crippen molar-refractivity contribution in [2.24, 2.45) is 0 Å². The fraction of sp³-hybridized carbons (Fsp3) is 1.00. The Labute approximate surface area is 95.3 Å². The summed E-state index contributed by atoms with van der Waals surface area (Å²) in [6.07, 6.45) is -4.85. The number of hydrogen-bond acceptors (Lipinski definition) is 6. The molecule has 1 aliphatic rings. The van der Waals surface area contributed by atoms with Crippen molar-refractivity contribution in [3.8, 4) is 0 Å². The molecule has 0 aromatic rings. The van der Waals surface area contributed by atoms with Crippen molar-refractivity contribution >= 4 is 0 Å². The molecule has 0 amide bonds.